The number of esters is 1. The molecule has 0 aliphatic heterocycles. The summed E-state index contributed by atoms with van der Waals surface area (Å²) in [6.07, 6.45) is 2.86. The summed E-state index contributed by atoms with van der Waals surface area (Å²) in [7, 11) is -2.38. The molecule has 0 fully saturated rings. The Balaban J connectivity index is 3.03. The second-order valence-electron chi connectivity index (χ2n) is 4.64. The zero-order chi connectivity index (χ0) is 16.0. The standard InChI is InChI=1S/C14H18FNO4S/c1-4-20-14(18)8-16-12-7-10(15)5-6-11(12)13(17)9-21(2,3)19/h5-7,9H,4,8H2,1-3H3,(H-,16,17,19). The maximum absolute atomic E-state index is 13.3. The third-order valence-corrected chi connectivity index (χ3v) is 3.15. The molecule has 0 saturated heterocycles. The number of carbonyl (C=O) groups is 1. The van der Waals surface area contributed by atoms with Gasteiger partial charge >= 0.3 is 5.97 Å². The van der Waals surface area contributed by atoms with E-state index in [9.17, 15) is 18.5 Å². The number of carbonyl (C=O) groups excluding carboxylic acids is 1. The third kappa shape index (κ3) is 5.95. The molecule has 0 atom stereocenters. The zero-order valence-corrected chi connectivity index (χ0v) is 13.0. The van der Waals surface area contributed by atoms with Crippen LogP contribution in [0.1, 0.15) is 12.5 Å². The number of hydrogen-bond acceptors (Lipinski definition) is 5. The second-order valence-corrected chi connectivity index (χ2v) is 7.49. The van der Waals surface area contributed by atoms with Gasteiger partial charge < -0.3 is 15.2 Å². The molecular formula is C14H18FNO4S. The molecule has 0 aliphatic carbocycles. The minimum atomic E-state index is -2.38. The van der Waals surface area contributed by atoms with Crippen molar-refractivity contribution in [1.29, 1.82) is 0 Å². The Morgan fingerprint density at radius 3 is 2.71 bits per heavy atom. The molecule has 0 unspecified atom stereocenters. The highest BCUT2D eigenvalue weighted by molar-refractivity contribution is 8.04. The smallest absolute Gasteiger partial charge is 0.325 e. The highest BCUT2D eigenvalue weighted by Gasteiger charge is 2.11. The van der Waals surface area contributed by atoms with E-state index in [2.05, 4.69) is 5.32 Å². The lowest BCUT2D eigenvalue weighted by atomic mass is 10.1. The van der Waals surface area contributed by atoms with Gasteiger partial charge in [0.1, 0.15) is 40.2 Å². The first-order chi connectivity index (χ1) is 9.73. The van der Waals surface area contributed by atoms with Gasteiger partial charge in [0.15, 0.2) is 0 Å². The predicted molar refractivity (Wildman–Crippen MR) is 79.4 cm³/mol. The van der Waals surface area contributed by atoms with Gasteiger partial charge in [-0.3, -0.25) is 4.79 Å². The molecular weight excluding hydrogens is 297 g/mol. The molecule has 1 aromatic carbocycles. The Morgan fingerprint density at radius 1 is 1.48 bits per heavy atom. The normalized spacial score (nSPS) is 12.1. The van der Waals surface area contributed by atoms with Crippen LogP contribution in [0.2, 0.25) is 0 Å². The molecule has 0 radical (unpaired) electrons. The van der Waals surface area contributed by atoms with Crippen LogP contribution < -0.4 is 10.4 Å². The molecule has 0 amide bonds. The maximum atomic E-state index is 13.3. The highest BCUT2D eigenvalue weighted by Crippen LogP contribution is 2.23. The van der Waals surface area contributed by atoms with E-state index < -0.39 is 27.5 Å². The molecule has 116 valence electrons. The van der Waals surface area contributed by atoms with Gasteiger partial charge in [-0.1, -0.05) is 11.8 Å². The molecule has 0 aliphatic rings. The van der Waals surface area contributed by atoms with Crippen molar-refractivity contribution in [2.75, 3.05) is 31.0 Å². The zero-order valence-electron chi connectivity index (χ0n) is 12.1. The van der Waals surface area contributed by atoms with Crippen LogP contribution in [0, 0.1) is 5.82 Å². The number of halogens is 1. The second kappa shape index (κ2) is 7.21. The summed E-state index contributed by atoms with van der Waals surface area (Å²) in [4.78, 5) is 11.3. The Hall–Kier alpha value is -1.89. The van der Waals surface area contributed by atoms with Crippen molar-refractivity contribution < 1.29 is 23.2 Å². The lowest BCUT2D eigenvalue weighted by molar-refractivity contribution is -0.243. The average Bonchev–Trinajstić information content (AvgIpc) is 2.34. The number of benzene rings is 1. The van der Waals surface area contributed by atoms with Crippen molar-refractivity contribution in [3.63, 3.8) is 0 Å². The van der Waals surface area contributed by atoms with Gasteiger partial charge in [0, 0.05) is 5.69 Å². The molecule has 21 heavy (non-hydrogen) atoms. The van der Waals surface area contributed by atoms with E-state index in [1.807, 2.05) is 0 Å². The van der Waals surface area contributed by atoms with Crippen molar-refractivity contribution >= 4 is 27.3 Å². The largest absolute Gasteiger partial charge is 0.869 e. The van der Waals surface area contributed by atoms with Crippen molar-refractivity contribution in [3.8, 4) is 0 Å². The first kappa shape index (κ1) is 17.2. The topological polar surface area (TPSA) is 78.5 Å². The summed E-state index contributed by atoms with van der Waals surface area (Å²) < 4.78 is 29.7. The van der Waals surface area contributed by atoms with E-state index in [1.165, 1.54) is 18.6 Å². The first-order valence-electron chi connectivity index (χ1n) is 6.25. The van der Waals surface area contributed by atoms with Gasteiger partial charge in [-0.05, 0) is 24.6 Å². The minimum absolute atomic E-state index is 0.150. The summed E-state index contributed by atoms with van der Waals surface area (Å²) >= 11 is 0. The van der Waals surface area contributed by atoms with Gasteiger partial charge in [0.2, 0.25) is 0 Å². The van der Waals surface area contributed by atoms with Gasteiger partial charge in [-0.15, -0.1) is 4.21 Å². The number of hydrogen-bond donors (Lipinski definition) is 1. The van der Waals surface area contributed by atoms with Crippen LogP contribution in [0.15, 0.2) is 23.6 Å². The van der Waals surface area contributed by atoms with E-state index in [-0.39, 0.29) is 24.4 Å². The number of anilines is 1. The van der Waals surface area contributed by atoms with Crippen LogP contribution >= 0.6 is 0 Å². The van der Waals surface area contributed by atoms with Crippen LogP contribution in [0.5, 0.6) is 0 Å². The van der Waals surface area contributed by atoms with Crippen LogP contribution in [-0.2, 0) is 23.7 Å². The molecule has 1 rings (SSSR count). The number of nitrogens with one attached hydrogen (secondary N) is 1. The average molecular weight is 315 g/mol. The minimum Gasteiger partial charge on any atom is -0.869 e. The lowest BCUT2D eigenvalue weighted by Crippen LogP contribution is -2.18. The Morgan fingerprint density at radius 2 is 2.14 bits per heavy atom. The SMILES string of the molecule is CCOC(=O)CNc1cc(F)ccc1C([O-])=C[S+](C)(C)=O. The van der Waals surface area contributed by atoms with Crippen LogP contribution in [-0.4, -0.2) is 31.6 Å². The van der Waals surface area contributed by atoms with Crippen molar-refractivity contribution in [2.24, 2.45) is 0 Å². The van der Waals surface area contributed by atoms with Crippen LogP contribution in [0.3, 0.4) is 0 Å². The van der Waals surface area contributed by atoms with Gasteiger partial charge in [-0.2, -0.15) is 0 Å². The summed E-state index contributed by atoms with van der Waals surface area (Å²) in [5, 5.41) is 15.8. The molecule has 0 bridgehead atoms. The third-order valence-electron chi connectivity index (χ3n) is 2.37. The van der Waals surface area contributed by atoms with Gasteiger partial charge in [0.25, 0.3) is 0 Å². The van der Waals surface area contributed by atoms with E-state index >= 15 is 0 Å². The van der Waals surface area contributed by atoms with E-state index in [1.54, 1.807) is 6.92 Å². The summed E-state index contributed by atoms with van der Waals surface area (Å²) in [5.41, 5.74) is 0.310. The van der Waals surface area contributed by atoms with Crippen molar-refractivity contribution in [2.45, 2.75) is 6.92 Å². The molecule has 0 aromatic heterocycles. The molecule has 5 nitrogen and oxygen atoms in total. The number of rotatable bonds is 6. The highest BCUT2D eigenvalue weighted by atomic mass is 32.2. The number of ether oxygens (including phenoxy) is 1. The quantitative estimate of drug-likeness (QED) is 0.485. The molecule has 0 saturated carbocycles. The molecule has 1 aromatic rings. The fourth-order valence-corrected chi connectivity index (χ4v) is 2.22. The Bertz CT molecular complexity index is 595. The first-order valence-corrected chi connectivity index (χ1v) is 8.69. The van der Waals surface area contributed by atoms with Crippen molar-refractivity contribution in [1.82, 2.24) is 0 Å². The molecule has 1 N–H and O–H groups in total. The van der Waals surface area contributed by atoms with E-state index in [4.69, 9.17) is 4.74 Å². The monoisotopic (exact) mass is 315 g/mol. The molecule has 7 heteroatoms. The van der Waals surface area contributed by atoms with Crippen molar-refractivity contribution in [3.05, 3.63) is 35.0 Å². The molecule has 0 spiro atoms. The van der Waals surface area contributed by atoms with Crippen LogP contribution in [0.25, 0.3) is 5.76 Å². The summed E-state index contributed by atoms with van der Waals surface area (Å²) in [5.74, 6) is -1.55. The fraction of sp³-hybridized carbons (Fsp3) is 0.357. The predicted octanol–water partition coefficient (Wildman–Crippen LogP) is 1.22. The maximum Gasteiger partial charge on any atom is 0.325 e. The van der Waals surface area contributed by atoms with Crippen LogP contribution in [0.4, 0.5) is 10.1 Å². The van der Waals surface area contributed by atoms with E-state index in [0.717, 1.165) is 17.5 Å². The summed E-state index contributed by atoms with van der Waals surface area (Å²) in [6.45, 7) is 1.71. The van der Waals surface area contributed by atoms with E-state index in [0.29, 0.717) is 0 Å². The molecule has 0 heterocycles. The van der Waals surface area contributed by atoms with Gasteiger partial charge in [0.05, 0.1) is 6.61 Å². The lowest BCUT2D eigenvalue weighted by Gasteiger charge is -2.17. The van der Waals surface area contributed by atoms with Gasteiger partial charge in [-0.25, -0.2) is 4.39 Å². The summed E-state index contributed by atoms with van der Waals surface area (Å²) in [6, 6.07) is 3.52. The Labute approximate surface area is 124 Å². The Kier molecular flexibility index (Phi) is 5.90. The fourth-order valence-electron chi connectivity index (χ4n) is 1.58.